The molecular weight excluding hydrogens is 292 g/mol. The minimum Gasteiger partial charge on any atom is -0.357 e. The molecule has 1 saturated heterocycles. The van der Waals surface area contributed by atoms with Crippen LogP contribution in [0.2, 0.25) is 0 Å². The van der Waals surface area contributed by atoms with Crippen molar-refractivity contribution < 1.29 is 0 Å². The summed E-state index contributed by atoms with van der Waals surface area (Å²) in [4.78, 5) is 12.4. The van der Waals surface area contributed by atoms with Gasteiger partial charge in [0.05, 0.1) is 4.88 Å². The summed E-state index contributed by atoms with van der Waals surface area (Å²) in [5, 5.41) is 4.07. The van der Waals surface area contributed by atoms with Gasteiger partial charge < -0.3 is 10.2 Å². The SMILES string of the molecule is C=C(/C=C(\N=C(C)C)N1CCCC1)Nc1ncc(C(=C)C)s1. The van der Waals surface area contributed by atoms with Crippen molar-refractivity contribution in [1.82, 2.24) is 9.88 Å². The van der Waals surface area contributed by atoms with Crippen LogP contribution in [0, 0.1) is 0 Å². The van der Waals surface area contributed by atoms with E-state index in [2.05, 4.69) is 33.4 Å². The molecular formula is C17H24N4S. The Morgan fingerprint density at radius 3 is 2.55 bits per heavy atom. The van der Waals surface area contributed by atoms with Crippen molar-refractivity contribution in [3.63, 3.8) is 0 Å². The van der Waals surface area contributed by atoms with Gasteiger partial charge in [0, 0.05) is 36.8 Å². The molecule has 0 aromatic carbocycles. The van der Waals surface area contributed by atoms with E-state index < -0.39 is 0 Å². The van der Waals surface area contributed by atoms with E-state index in [0.29, 0.717) is 0 Å². The molecule has 0 spiro atoms. The van der Waals surface area contributed by atoms with Gasteiger partial charge >= 0.3 is 0 Å². The number of hydrogen-bond donors (Lipinski definition) is 1. The van der Waals surface area contributed by atoms with Crippen LogP contribution in [0.4, 0.5) is 5.13 Å². The molecule has 1 aromatic rings. The Balaban J connectivity index is 2.10. The molecule has 0 atom stereocenters. The first-order chi connectivity index (χ1) is 10.5. The van der Waals surface area contributed by atoms with Crippen molar-refractivity contribution in [3.05, 3.63) is 41.8 Å². The normalized spacial score (nSPS) is 14.9. The van der Waals surface area contributed by atoms with Crippen molar-refractivity contribution >= 4 is 27.8 Å². The van der Waals surface area contributed by atoms with Crippen LogP contribution < -0.4 is 5.32 Å². The fourth-order valence-corrected chi connectivity index (χ4v) is 3.00. The molecule has 1 N–H and O–H groups in total. The zero-order valence-corrected chi connectivity index (χ0v) is 14.5. The molecule has 0 unspecified atom stereocenters. The Bertz CT molecular complexity index is 614. The highest BCUT2D eigenvalue weighted by molar-refractivity contribution is 7.16. The predicted octanol–water partition coefficient (Wildman–Crippen LogP) is 4.52. The minimum atomic E-state index is 0.800. The zero-order valence-electron chi connectivity index (χ0n) is 13.6. The first-order valence-corrected chi connectivity index (χ1v) is 8.33. The highest BCUT2D eigenvalue weighted by Crippen LogP contribution is 2.25. The van der Waals surface area contributed by atoms with Crippen LogP contribution in [0.1, 0.15) is 38.5 Å². The number of aromatic nitrogens is 1. The molecule has 0 aliphatic carbocycles. The van der Waals surface area contributed by atoms with Gasteiger partial charge in [-0.2, -0.15) is 0 Å². The van der Waals surface area contributed by atoms with Gasteiger partial charge in [-0.25, -0.2) is 9.98 Å². The molecule has 1 aliphatic rings. The Hall–Kier alpha value is -1.88. The predicted molar refractivity (Wildman–Crippen MR) is 97.3 cm³/mol. The topological polar surface area (TPSA) is 40.5 Å². The molecule has 1 aromatic heterocycles. The van der Waals surface area contributed by atoms with E-state index in [9.17, 15) is 0 Å². The molecule has 0 bridgehead atoms. The van der Waals surface area contributed by atoms with Gasteiger partial charge in [-0.05, 0) is 39.2 Å². The number of hydrogen-bond acceptors (Lipinski definition) is 5. The van der Waals surface area contributed by atoms with Gasteiger partial charge in [0.1, 0.15) is 5.82 Å². The van der Waals surface area contributed by atoms with Gasteiger partial charge in [0.15, 0.2) is 5.13 Å². The van der Waals surface area contributed by atoms with E-state index in [1.807, 2.05) is 33.0 Å². The number of aliphatic imine (C=N–C) groups is 1. The Kier molecular flexibility index (Phi) is 5.55. The molecule has 1 fully saturated rings. The molecule has 22 heavy (non-hydrogen) atoms. The largest absolute Gasteiger partial charge is 0.357 e. The van der Waals surface area contributed by atoms with Crippen LogP contribution in [0.3, 0.4) is 0 Å². The second-order valence-electron chi connectivity index (χ2n) is 5.72. The lowest BCUT2D eigenvalue weighted by atomic mass is 10.3. The number of thiazole rings is 1. The number of nitrogens with zero attached hydrogens (tertiary/aromatic N) is 3. The lowest BCUT2D eigenvalue weighted by Crippen LogP contribution is -2.18. The van der Waals surface area contributed by atoms with Gasteiger partial charge in [0.25, 0.3) is 0 Å². The fourth-order valence-electron chi connectivity index (χ4n) is 2.23. The molecule has 5 heteroatoms. The van der Waals surface area contributed by atoms with E-state index in [4.69, 9.17) is 0 Å². The molecule has 2 rings (SSSR count). The summed E-state index contributed by atoms with van der Waals surface area (Å²) in [7, 11) is 0. The summed E-state index contributed by atoms with van der Waals surface area (Å²) in [6.45, 7) is 16.2. The highest BCUT2D eigenvalue weighted by atomic mass is 32.1. The third-order valence-corrected chi connectivity index (χ3v) is 4.34. The second kappa shape index (κ2) is 7.40. The molecule has 1 aliphatic heterocycles. The number of anilines is 1. The monoisotopic (exact) mass is 316 g/mol. The summed E-state index contributed by atoms with van der Waals surface area (Å²) in [6, 6.07) is 0. The van der Waals surface area contributed by atoms with Crippen molar-refractivity contribution in [2.45, 2.75) is 33.6 Å². The number of nitrogens with one attached hydrogen (secondary N) is 1. The Morgan fingerprint density at radius 2 is 2.00 bits per heavy atom. The smallest absolute Gasteiger partial charge is 0.187 e. The van der Waals surface area contributed by atoms with Crippen molar-refractivity contribution in [2.75, 3.05) is 18.4 Å². The highest BCUT2D eigenvalue weighted by Gasteiger charge is 2.14. The average Bonchev–Trinajstić information content (AvgIpc) is 3.08. The first-order valence-electron chi connectivity index (χ1n) is 7.52. The lowest BCUT2D eigenvalue weighted by molar-refractivity contribution is 0.422. The van der Waals surface area contributed by atoms with Gasteiger partial charge in [-0.1, -0.05) is 24.5 Å². The quantitative estimate of drug-likeness (QED) is 0.619. The van der Waals surface area contributed by atoms with E-state index >= 15 is 0 Å². The van der Waals surface area contributed by atoms with Crippen LogP contribution in [0.15, 0.2) is 41.9 Å². The van der Waals surface area contributed by atoms with Crippen LogP contribution >= 0.6 is 11.3 Å². The second-order valence-corrected chi connectivity index (χ2v) is 6.75. The molecule has 4 nitrogen and oxygen atoms in total. The maximum absolute atomic E-state index is 4.65. The molecule has 118 valence electrons. The Labute approximate surface area is 137 Å². The molecule has 2 heterocycles. The van der Waals surface area contributed by atoms with Crippen LogP contribution in [-0.4, -0.2) is 28.7 Å². The minimum absolute atomic E-state index is 0.800. The lowest BCUT2D eigenvalue weighted by Gasteiger charge is -2.18. The summed E-state index contributed by atoms with van der Waals surface area (Å²) >= 11 is 1.58. The number of allylic oxidation sites excluding steroid dienone is 2. The van der Waals surface area contributed by atoms with Gasteiger partial charge in [-0.3, -0.25) is 0 Å². The van der Waals surface area contributed by atoms with Crippen LogP contribution in [-0.2, 0) is 0 Å². The third kappa shape index (κ3) is 4.56. The van der Waals surface area contributed by atoms with Crippen molar-refractivity contribution in [3.8, 4) is 0 Å². The Morgan fingerprint density at radius 1 is 1.32 bits per heavy atom. The molecule has 0 amide bonds. The zero-order chi connectivity index (χ0) is 16.1. The van der Waals surface area contributed by atoms with E-state index in [1.54, 1.807) is 11.3 Å². The van der Waals surface area contributed by atoms with Crippen molar-refractivity contribution in [1.29, 1.82) is 0 Å². The van der Waals surface area contributed by atoms with Crippen LogP contribution in [0.25, 0.3) is 5.57 Å². The number of likely N-dealkylation sites (tertiary alicyclic amines) is 1. The van der Waals surface area contributed by atoms with E-state index in [1.165, 1.54) is 12.8 Å². The maximum atomic E-state index is 4.65. The summed E-state index contributed by atoms with van der Waals surface area (Å²) in [6.07, 6.45) is 6.29. The maximum Gasteiger partial charge on any atom is 0.187 e. The van der Waals surface area contributed by atoms with Gasteiger partial charge in [-0.15, -0.1) is 0 Å². The van der Waals surface area contributed by atoms with E-state index in [-0.39, 0.29) is 0 Å². The van der Waals surface area contributed by atoms with Crippen LogP contribution in [0.5, 0.6) is 0 Å². The van der Waals surface area contributed by atoms with E-state index in [0.717, 1.165) is 45.9 Å². The molecule has 0 radical (unpaired) electrons. The van der Waals surface area contributed by atoms with Gasteiger partial charge in [0.2, 0.25) is 0 Å². The standard InChI is InChI=1S/C17H24N4S/c1-12(2)15-11-18-17(22-15)20-14(5)10-16(19-13(3)4)21-8-6-7-9-21/h10-11H,1,5-9H2,2-4H3,(H,18,20)/b16-10+. The fraction of sp³-hybridized carbons (Fsp3) is 0.412. The summed E-state index contributed by atoms with van der Waals surface area (Å²) < 4.78 is 0. The first kappa shape index (κ1) is 16.5. The summed E-state index contributed by atoms with van der Waals surface area (Å²) in [5.41, 5.74) is 2.87. The molecule has 0 saturated carbocycles. The summed E-state index contributed by atoms with van der Waals surface area (Å²) in [5.74, 6) is 0.978. The number of rotatable bonds is 6. The third-order valence-electron chi connectivity index (χ3n) is 3.27. The van der Waals surface area contributed by atoms with Crippen molar-refractivity contribution in [2.24, 2.45) is 4.99 Å². The average molecular weight is 316 g/mol.